The summed E-state index contributed by atoms with van der Waals surface area (Å²) in [6.45, 7) is 1.63. The van der Waals surface area contributed by atoms with Gasteiger partial charge in [0.05, 0.1) is 4.90 Å². The summed E-state index contributed by atoms with van der Waals surface area (Å²) < 4.78 is 24.0. The van der Waals surface area contributed by atoms with Crippen molar-refractivity contribution in [2.45, 2.75) is 17.9 Å². The van der Waals surface area contributed by atoms with Gasteiger partial charge in [-0.25, -0.2) is 13.6 Å². The molecular formula is C12H16N4O2S. The lowest BCUT2D eigenvalue weighted by atomic mass is 10.3. The lowest BCUT2D eigenvalue weighted by Crippen LogP contribution is -2.12. The van der Waals surface area contributed by atoms with Gasteiger partial charge in [-0.1, -0.05) is 0 Å². The molecular weight excluding hydrogens is 264 g/mol. The predicted octanol–water partition coefficient (Wildman–Crippen LogP) is 1.03. The zero-order chi connectivity index (χ0) is 13.7. The fourth-order valence-electron chi connectivity index (χ4n) is 1.67. The molecule has 6 nitrogen and oxygen atoms in total. The Morgan fingerprint density at radius 1 is 1.26 bits per heavy atom. The molecule has 0 atom stereocenters. The minimum absolute atomic E-state index is 0.120. The molecule has 0 amide bonds. The quantitative estimate of drug-likeness (QED) is 0.773. The molecule has 0 bridgehead atoms. The van der Waals surface area contributed by atoms with Crippen molar-refractivity contribution in [1.29, 1.82) is 0 Å². The van der Waals surface area contributed by atoms with Gasteiger partial charge in [0.1, 0.15) is 0 Å². The first kappa shape index (κ1) is 13.6. The Balaban J connectivity index is 1.80. The van der Waals surface area contributed by atoms with E-state index in [2.05, 4.69) is 10.4 Å². The number of benzene rings is 1. The van der Waals surface area contributed by atoms with Gasteiger partial charge in [-0.05, 0) is 36.8 Å². The van der Waals surface area contributed by atoms with Gasteiger partial charge in [0.2, 0.25) is 10.0 Å². The number of nitrogens with zero attached hydrogens (tertiary/aromatic N) is 2. The Labute approximate surface area is 112 Å². The smallest absolute Gasteiger partial charge is 0.238 e. The molecule has 0 unspecified atom stereocenters. The lowest BCUT2D eigenvalue weighted by molar-refractivity contribution is 0.591. The number of sulfonamides is 1. The molecule has 0 spiro atoms. The molecule has 0 aliphatic heterocycles. The van der Waals surface area contributed by atoms with Crippen LogP contribution in [0.1, 0.15) is 6.42 Å². The monoisotopic (exact) mass is 280 g/mol. The van der Waals surface area contributed by atoms with Crippen LogP contribution in [0.3, 0.4) is 0 Å². The van der Waals surface area contributed by atoms with Crippen LogP contribution in [0.5, 0.6) is 0 Å². The van der Waals surface area contributed by atoms with Crippen LogP contribution in [-0.2, 0) is 16.6 Å². The molecule has 0 radical (unpaired) electrons. The topological polar surface area (TPSA) is 90.0 Å². The van der Waals surface area contributed by atoms with Gasteiger partial charge in [-0.2, -0.15) is 5.10 Å². The minimum Gasteiger partial charge on any atom is -0.385 e. The Kier molecular flexibility index (Phi) is 4.18. The molecule has 19 heavy (non-hydrogen) atoms. The van der Waals surface area contributed by atoms with E-state index in [1.54, 1.807) is 18.3 Å². The van der Waals surface area contributed by atoms with Gasteiger partial charge in [0, 0.05) is 31.2 Å². The summed E-state index contributed by atoms with van der Waals surface area (Å²) in [7, 11) is -3.61. The Morgan fingerprint density at radius 3 is 2.58 bits per heavy atom. The standard InChI is InChI=1S/C12H16N4O2S/c13-19(17,18)12-5-3-11(4-6-12)14-7-1-9-16-10-2-8-15-16/h2-6,8,10,14H,1,7,9H2,(H2,13,17,18). The van der Waals surface area contributed by atoms with Crippen LogP contribution in [0.15, 0.2) is 47.6 Å². The van der Waals surface area contributed by atoms with E-state index in [4.69, 9.17) is 5.14 Å². The first-order chi connectivity index (χ1) is 9.05. The third-order valence-electron chi connectivity index (χ3n) is 2.64. The molecule has 0 fully saturated rings. The highest BCUT2D eigenvalue weighted by Crippen LogP contribution is 2.12. The van der Waals surface area contributed by atoms with Crippen LogP contribution in [0.2, 0.25) is 0 Å². The van der Waals surface area contributed by atoms with Crippen LogP contribution in [-0.4, -0.2) is 24.7 Å². The van der Waals surface area contributed by atoms with Crippen LogP contribution < -0.4 is 10.5 Å². The number of aromatic nitrogens is 2. The summed E-state index contributed by atoms with van der Waals surface area (Å²) in [6, 6.07) is 8.27. The number of primary sulfonamides is 1. The molecule has 102 valence electrons. The van der Waals surface area contributed by atoms with Crippen molar-refractivity contribution < 1.29 is 8.42 Å². The highest BCUT2D eigenvalue weighted by molar-refractivity contribution is 7.89. The third-order valence-corrected chi connectivity index (χ3v) is 3.56. The zero-order valence-corrected chi connectivity index (χ0v) is 11.2. The van der Waals surface area contributed by atoms with Crippen molar-refractivity contribution in [3.8, 4) is 0 Å². The molecule has 3 N–H and O–H groups in total. The van der Waals surface area contributed by atoms with Crippen LogP contribution >= 0.6 is 0 Å². The van der Waals surface area contributed by atoms with Crippen molar-refractivity contribution in [3.05, 3.63) is 42.7 Å². The van der Waals surface area contributed by atoms with E-state index in [9.17, 15) is 8.42 Å². The summed E-state index contributed by atoms with van der Waals surface area (Å²) >= 11 is 0. The maximum atomic E-state index is 11.1. The van der Waals surface area contributed by atoms with E-state index in [1.807, 2.05) is 16.9 Å². The van der Waals surface area contributed by atoms with Crippen LogP contribution in [0, 0.1) is 0 Å². The number of hydrogen-bond acceptors (Lipinski definition) is 4. The van der Waals surface area contributed by atoms with E-state index < -0.39 is 10.0 Å². The number of aryl methyl sites for hydroxylation is 1. The fourth-order valence-corrected chi connectivity index (χ4v) is 2.18. The summed E-state index contributed by atoms with van der Waals surface area (Å²) in [6.07, 6.45) is 4.60. The molecule has 0 aliphatic rings. The lowest BCUT2D eigenvalue weighted by Gasteiger charge is -2.07. The summed E-state index contributed by atoms with van der Waals surface area (Å²) in [5.41, 5.74) is 0.868. The molecule has 7 heteroatoms. The summed E-state index contributed by atoms with van der Waals surface area (Å²) in [5, 5.41) is 12.3. The predicted molar refractivity (Wildman–Crippen MR) is 73.1 cm³/mol. The van der Waals surface area contributed by atoms with E-state index in [0.29, 0.717) is 0 Å². The molecule has 1 aromatic heterocycles. The van der Waals surface area contributed by atoms with E-state index >= 15 is 0 Å². The van der Waals surface area contributed by atoms with Crippen molar-refractivity contribution in [3.63, 3.8) is 0 Å². The van der Waals surface area contributed by atoms with Gasteiger partial charge in [0.25, 0.3) is 0 Å². The maximum absolute atomic E-state index is 11.1. The molecule has 2 aromatic rings. The zero-order valence-electron chi connectivity index (χ0n) is 10.4. The number of hydrogen-bond donors (Lipinski definition) is 2. The Morgan fingerprint density at radius 2 is 2.00 bits per heavy atom. The highest BCUT2D eigenvalue weighted by atomic mass is 32.2. The number of rotatable bonds is 6. The molecule has 2 rings (SSSR count). The number of nitrogens with one attached hydrogen (secondary N) is 1. The second-order valence-corrected chi connectivity index (χ2v) is 5.68. The number of anilines is 1. The maximum Gasteiger partial charge on any atom is 0.238 e. The average Bonchev–Trinajstić information content (AvgIpc) is 2.87. The first-order valence-electron chi connectivity index (χ1n) is 5.90. The van der Waals surface area contributed by atoms with E-state index in [0.717, 1.165) is 25.2 Å². The summed E-state index contributed by atoms with van der Waals surface area (Å²) in [4.78, 5) is 0.120. The normalized spacial score (nSPS) is 11.4. The molecule has 1 heterocycles. The second kappa shape index (κ2) is 5.85. The van der Waals surface area contributed by atoms with Crippen LogP contribution in [0.4, 0.5) is 5.69 Å². The van der Waals surface area contributed by atoms with Gasteiger partial charge >= 0.3 is 0 Å². The molecule has 1 aromatic carbocycles. The average molecular weight is 280 g/mol. The number of nitrogens with two attached hydrogens (primary N) is 1. The largest absolute Gasteiger partial charge is 0.385 e. The third kappa shape index (κ3) is 4.08. The van der Waals surface area contributed by atoms with E-state index in [1.165, 1.54) is 12.1 Å². The van der Waals surface area contributed by atoms with Crippen molar-refractivity contribution >= 4 is 15.7 Å². The van der Waals surface area contributed by atoms with Crippen molar-refractivity contribution in [2.75, 3.05) is 11.9 Å². The minimum atomic E-state index is -3.61. The Hall–Kier alpha value is -1.86. The summed E-state index contributed by atoms with van der Waals surface area (Å²) in [5.74, 6) is 0. The van der Waals surface area contributed by atoms with Gasteiger partial charge < -0.3 is 5.32 Å². The highest BCUT2D eigenvalue weighted by Gasteiger charge is 2.06. The SMILES string of the molecule is NS(=O)(=O)c1ccc(NCCCn2cccn2)cc1. The Bertz CT molecular complexity index is 606. The second-order valence-electron chi connectivity index (χ2n) is 4.12. The van der Waals surface area contributed by atoms with Gasteiger partial charge in [0.15, 0.2) is 0 Å². The first-order valence-corrected chi connectivity index (χ1v) is 7.44. The van der Waals surface area contributed by atoms with Crippen LogP contribution in [0.25, 0.3) is 0 Å². The fraction of sp³-hybridized carbons (Fsp3) is 0.250. The van der Waals surface area contributed by atoms with Gasteiger partial charge in [-0.15, -0.1) is 0 Å². The van der Waals surface area contributed by atoms with Crippen molar-refractivity contribution in [2.24, 2.45) is 5.14 Å². The van der Waals surface area contributed by atoms with E-state index in [-0.39, 0.29) is 4.90 Å². The van der Waals surface area contributed by atoms with Crippen molar-refractivity contribution in [1.82, 2.24) is 9.78 Å². The molecule has 0 saturated carbocycles. The molecule has 0 aliphatic carbocycles. The van der Waals surface area contributed by atoms with Gasteiger partial charge in [-0.3, -0.25) is 4.68 Å². The molecule has 0 saturated heterocycles.